The highest BCUT2D eigenvalue weighted by Crippen LogP contribution is 2.11. The first-order valence-electron chi connectivity index (χ1n) is 6.78. The number of carbonyl (C=O) groups is 1. The van der Waals surface area contributed by atoms with Gasteiger partial charge in [0, 0.05) is 17.1 Å². The third-order valence-electron chi connectivity index (χ3n) is 3.13. The second-order valence-electron chi connectivity index (χ2n) is 4.95. The summed E-state index contributed by atoms with van der Waals surface area (Å²) >= 11 is 3.25. The lowest BCUT2D eigenvalue weighted by Crippen LogP contribution is -2.19. The molecule has 21 heavy (non-hydrogen) atoms. The molecule has 110 valence electrons. The van der Waals surface area contributed by atoms with Gasteiger partial charge in [0.05, 0.1) is 0 Å². The van der Waals surface area contributed by atoms with Gasteiger partial charge in [-0.25, -0.2) is 0 Å². The van der Waals surface area contributed by atoms with Gasteiger partial charge in [-0.05, 0) is 47.3 Å². The van der Waals surface area contributed by atoms with Crippen LogP contribution in [-0.2, 0) is 11.2 Å². The fourth-order valence-electron chi connectivity index (χ4n) is 1.97. The molecule has 1 amide bonds. The van der Waals surface area contributed by atoms with E-state index in [0.29, 0.717) is 6.42 Å². The molecular formula is C16H17BrN2O2. The van der Waals surface area contributed by atoms with E-state index in [1.807, 2.05) is 6.92 Å². The summed E-state index contributed by atoms with van der Waals surface area (Å²) in [6.45, 7) is 2.05. The van der Waals surface area contributed by atoms with Gasteiger partial charge >= 0.3 is 0 Å². The van der Waals surface area contributed by atoms with Crippen LogP contribution >= 0.6 is 15.9 Å². The number of anilines is 1. The largest absolute Gasteiger partial charge is 0.326 e. The molecular weight excluding hydrogens is 332 g/mol. The highest BCUT2D eigenvalue weighted by molar-refractivity contribution is 9.10. The van der Waals surface area contributed by atoms with E-state index in [1.54, 1.807) is 6.07 Å². The van der Waals surface area contributed by atoms with Gasteiger partial charge in [0.1, 0.15) is 5.69 Å². The third kappa shape index (κ3) is 4.86. The summed E-state index contributed by atoms with van der Waals surface area (Å²) in [6.07, 6.45) is 3.53. The fourth-order valence-corrected chi connectivity index (χ4v) is 2.31. The first-order valence-corrected chi connectivity index (χ1v) is 7.57. The molecule has 0 radical (unpaired) electrons. The molecule has 1 heterocycles. The van der Waals surface area contributed by atoms with Crippen LogP contribution < -0.4 is 10.9 Å². The van der Waals surface area contributed by atoms with Gasteiger partial charge in [-0.1, -0.05) is 29.8 Å². The summed E-state index contributed by atoms with van der Waals surface area (Å²) in [6, 6.07) is 9.88. The van der Waals surface area contributed by atoms with Crippen molar-refractivity contribution in [1.82, 2.24) is 4.98 Å². The highest BCUT2D eigenvalue weighted by Gasteiger charge is 2.06. The number of benzene rings is 1. The maximum Gasteiger partial charge on any atom is 0.271 e. The van der Waals surface area contributed by atoms with Crippen LogP contribution in [0.4, 0.5) is 5.69 Å². The van der Waals surface area contributed by atoms with E-state index in [-0.39, 0.29) is 17.2 Å². The molecule has 0 spiro atoms. The maximum atomic E-state index is 11.8. The first kappa shape index (κ1) is 15.5. The Morgan fingerprint density at radius 3 is 2.71 bits per heavy atom. The van der Waals surface area contributed by atoms with Crippen molar-refractivity contribution in [1.29, 1.82) is 0 Å². The molecule has 0 bridgehead atoms. The van der Waals surface area contributed by atoms with Crippen molar-refractivity contribution < 1.29 is 4.79 Å². The zero-order valence-corrected chi connectivity index (χ0v) is 13.4. The number of carbonyl (C=O) groups excluding carboxylic acids is 1. The number of amides is 1. The smallest absolute Gasteiger partial charge is 0.271 e. The Bertz CT molecular complexity index is 677. The minimum absolute atomic E-state index is 0.147. The van der Waals surface area contributed by atoms with E-state index in [1.165, 1.54) is 17.3 Å². The normalized spacial score (nSPS) is 10.4. The molecule has 0 aliphatic carbocycles. The number of hydrogen-bond donors (Lipinski definition) is 2. The van der Waals surface area contributed by atoms with Crippen molar-refractivity contribution in [3.8, 4) is 0 Å². The van der Waals surface area contributed by atoms with Crippen LogP contribution in [0.25, 0.3) is 0 Å². The lowest BCUT2D eigenvalue weighted by molar-refractivity contribution is -0.116. The minimum Gasteiger partial charge on any atom is -0.326 e. The summed E-state index contributed by atoms with van der Waals surface area (Å²) in [5.74, 6) is -0.147. The molecule has 2 aromatic rings. The molecule has 1 aromatic heterocycles. The van der Waals surface area contributed by atoms with Crippen LogP contribution in [0, 0.1) is 6.92 Å². The molecule has 5 heteroatoms. The zero-order chi connectivity index (χ0) is 15.2. The van der Waals surface area contributed by atoms with Gasteiger partial charge < -0.3 is 10.3 Å². The zero-order valence-electron chi connectivity index (χ0n) is 11.8. The van der Waals surface area contributed by atoms with E-state index >= 15 is 0 Å². The Morgan fingerprint density at radius 2 is 2.00 bits per heavy atom. The van der Waals surface area contributed by atoms with E-state index in [2.05, 4.69) is 50.5 Å². The van der Waals surface area contributed by atoms with Gasteiger partial charge in [0.15, 0.2) is 0 Å². The van der Waals surface area contributed by atoms with Crippen LogP contribution in [0.3, 0.4) is 0 Å². The summed E-state index contributed by atoms with van der Waals surface area (Å²) in [7, 11) is 0. The molecule has 2 rings (SSSR count). The Balaban J connectivity index is 1.83. The van der Waals surface area contributed by atoms with Crippen LogP contribution in [0.2, 0.25) is 0 Å². The molecule has 4 nitrogen and oxygen atoms in total. The van der Waals surface area contributed by atoms with Crippen LogP contribution in [0.5, 0.6) is 0 Å². The summed E-state index contributed by atoms with van der Waals surface area (Å²) < 4.78 is 0.719. The molecule has 1 aromatic carbocycles. The van der Waals surface area contributed by atoms with Crippen molar-refractivity contribution in [2.24, 2.45) is 0 Å². The van der Waals surface area contributed by atoms with Crippen LogP contribution in [0.1, 0.15) is 24.0 Å². The van der Waals surface area contributed by atoms with Gasteiger partial charge in [0.25, 0.3) is 5.56 Å². The predicted octanol–water partition coefficient (Wildman–Crippen LogP) is 3.41. The minimum atomic E-state index is -0.301. The number of H-pyrrole nitrogens is 1. The lowest BCUT2D eigenvalue weighted by atomic mass is 10.1. The standard InChI is InChI=1S/C16H17BrN2O2/c1-11-5-7-12(8-6-11)3-2-4-15(20)19-14-9-13(17)10-18-16(14)21/h5-10H,2-4H2,1H3,(H,18,21)(H,19,20). The summed E-state index contributed by atoms with van der Waals surface area (Å²) in [4.78, 5) is 25.9. The Hall–Kier alpha value is -1.88. The molecule has 0 unspecified atom stereocenters. The molecule has 0 aliphatic heterocycles. The Labute approximate surface area is 131 Å². The molecule has 0 aliphatic rings. The number of nitrogens with one attached hydrogen (secondary N) is 2. The Morgan fingerprint density at radius 1 is 1.29 bits per heavy atom. The van der Waals surface area contributed by atoms with Crippen molar-refractivity contribution in [3.05, 3.63) is 62.5 Å². The van der Waals surface area contributed by atoms with Crippen molar-refractivity contribution in [2.75, 3.05) is 5.32 Å². The van der Waals surface area contributed by atoms with Gasteiger partial charge in [0.2, 0.25) is 5.91 Å². The second kappa shape index (κ2) is 7.22. The number of rotatable bonds is 5. The molecule has 0 atom stereocenters. The summed E-state index contributed by atoms with van der Waals surface area (Å²) in [5.41, 5.74) is 2.41. The number of pyridine rings is 1. The Kier molecular flexibility index (Phi) is 5.33. The monoisotopic (exact) mass is 348 g/mol. The van der Waals surface area contributed by atoms with Gasteiger partial charge in [-0.2, -0.15) is 0 Å². The highest BCUT2D eigenvalue weighted by atomic mass is 79.9. The topological polar surface area (TPSA) is 62.0 Å². The third-order valence-corrected chi connectivity index (χ3v) is 3.59. The quantitative estimate of drug-likeness (QED) is 0.869. The van der Waals surface area contributed by atoms with Crippen molar-refractivity contribution in [3.63, 3.8) is 0 Å². The lowest BCUT2D eigenvalue weighted by Gasteiger charge is -2.05. The molecule has 0 fully saturated rings. The number of hydrogen-bond acceptors (Lipinski definition) is 2. The van der Waals surface area contributed by atoms with Crippen molar-refractivity contribution >= 4 is 27.5 Å². The van der Waals surface area contributed by atoms with Crippen molar-refractivity contribution in [2.45, 2.75) is 26.2 Å². The summed E-state index contributed by atoms with van der Waals surface area (Å²) in [5, 5.41) is 2.63. The first-order chi connectivity index (χ1) is 10.0. The number of aryl methyl sites for hydroxylation is 2. The molecule has 0 saturated carbocycles. The van der Waals surface area contributed by atoms with E-state index in [4.69, 9.17) is 0 Å². The fraction of sp³-hybridized carbons (Fsp3) is 0.250. The van der Waals surface area contributed by atoms with E-state index in [0.717, 1.165) is 17.3 Å². The number of aromatic amines is 1. The van der Waals surface area contributed by atoms with Crippen LogP contribution in [0.15, 0.2) is 45.8 Å². The number of aromatic nitrogens is 1. The maximum absolute atomic E-state index is 11.8. The average Bonchev–Trinajstić information content (AvgIpc) is 2.45. The van der Waals surface area contributed by atoms with Crippen LogP contribution in [-0.4, -0.2) is 10.9 Å². The second-order valence-corrected chi connectivity index (χ2v) is 5.86. The van der Waals surface area contributed by atoms with E-state index < -0.39 is 0 Å². The van der Waals surface area contributed by atoms with Gasteiger partial charge in [-0.3, -0.25) is 9.59 Å². The van der Waals surface area contributed by atoms with E-state index in [9.17, 15) is 9.59 Å². The number of halogens is 1. The molecule has 2 N–H and O–H groups in total. The average molecular weight is 349 g/mol. The SMILES string of the molecule is Cc1ccc(CCCC(=O)Nc2cc(Br)c[nH]c2=O)cc1. The predicted molar refractivity (Wildman–Crippen MR) is 87.5 cm³/mol. The van der Waals surface area contributed by atoms with Gasteiger partial charge in [-0.15, -0.1) is 0 Å². The molecule has 0 saturated heterocycles.